The number of hydrogen-bond acceptors (Lipinski definition) is 5. The molecule has 0 bridgehead atoms. The average Bonchev–Trinajstić information content (AvgIpc) is 2.69. The van der Waals surface area contributed by atoms with Crippen molar-refractivity contribution in [2.45, 2.75) is 18.7 Å². The van der Waals surface area contributed by atoms with Crippen LogP contribution < -0.4 is 5.32 Å². The van der Waals surface area contributed by atoms with E-state index in [1.54, 1.807) is 13.8 Å². The summed E-state index contributed by atoms with van der Waals surface area (Å²) in [5.41, 5.74) is 0.305. The maximum Gasteiger partial charge on any atom is 0.340 e. The average molecular weight is 459 g/mol. The van der Waals surface area contributed by atoms with Crippen molar-refractivity contribution >= 4 is 50.8 Å². The molecule has 0 fully saturated rings. The van der Waals surface area contributed by atoms with E-state index in [0.29, 0.717) is 13.1 Å². The van der Waals surface area contributed by atoms with Gasteiger partial charge >= 0.3 is 5.97 Å². The maximum absolute atomic E-state index is 12.6. The van der Waals surface area contributed by atoms with E-state index in [9.17, 15) is 18.0 Å². The molecule has 0 heterocycles. The van der Waals surface area contributed by atoms with Gasteiger partial charge in [0.05, 0.1) is 20.5 Å². The Bertz CT molecular complexity index is 1010. The van der Waals surface area contributed by atoms with Gasteiger partial charge in [-0.05, 0) is 30.3 Å². The van der Waals surface area contributed by atoms with Crippen LogP contribution in [-0.4, -0.2) is 44.3 Å². The van der Waals surface area contributed by atoms with Gasteiger partial charge in [-0.1, -0.05) is 49.2 Å². The van der Waals surface area contributed by atoms with E-state index in [1.165, 1.54) is 46.8 Å². The topological polar surface area (TPSA) is 92.8 Å². The number of nitrogens with one attached hydrogen (secondary N) is 1. The van der Waals surface area contributed by atoms with Gasteiger partial charge < -0.3 is 10.1 Å². The van der Waals surface area contributed by atoms with Gasteiger partial charge in [-0.3, -0.25) is 4.79 Å². The van der Waals surface area contributed by atoms with Crippen molar-refractivity contribution in [3.05, 3.63) is 58.1 Å². The van der Waals surface area contributed by atoms with E-state index < -0.39 is 28.5 Å². The Balaban J connectivity index is 2.04. The van der Waals surface area contributed by atoms with Crippen LogP contribution in [0.5, 0.6) is 0 Å². The molecule has 0 aliphatic carbocycles. The van der Waals surface area contributed by atoms with Crippen molar-refractivity contribution < 1.29 is 22.7 Å². The van der Waals surface area contributed by atoms with E-state index in [2.05, 4.69) is 5.32 Å². The normalized spacial score (nSPS) is 11.3. The van der Waals surface area contributed by atoms with Crippen molar-refractivity contribution in [2.24, 2.45) is 0 Å². The molecule has 1 N–H and O–H groups in total. The molecule has 0 atom stereocenters. The van der Waals surface area contributed by atoms with Crippen LogP contribution in [0, 0.1) is 0 Å². The second-order valence-electron chi connectivity index (χ2n) is 5.84. The smallest absolute Gasteiger partial charge is 0.340 e. The zero-order valence-corrected chi connectivity index (χ0v) is 18.1. The summed E-state index contributed by atoms with van der Waals surface area (Å²) in [4.78, 5) is 24.2. The molecule has 156 valence electrons. The minimum absolute atomic E-state index is 0.0360. The minimum atomic E-state index is -3.66. The number of hydrogen-bond donors (Lipinski definition) is 1. The van der Waals surface area contributed by atoms with Crippen LogP contribution in [-0.2, 0) is 19.6 Å². The maximum atomic E-state index is 12.6. The standard InChI is InChI=1S/C19H20Cl2N2O5S/c1-3-23(4-2)29(26,27)14-8-5-7-13(11-14)22-17(24)12-28-19(25)15-9-6-10-16(20)18(15)21/h5-11H,3-4,12H2,1-2H3,(H,22,24). The zero-order valence-electron chi connectivity index (χ0n) is 15.8. The summed E-state index contributed by atoms with van der Waals surface area (Å²) in [7, 11) is -3.66. The third-order valence-corrected chi connectivity index (χ3v) is 6.83. The first-order valence-corrected chi connectivity index (χ1v) is 10.9. The Morgan fingerprint density at radius 3 is 2.38 bits per heavy atom. The summed E-state index contributed by atoms with van der Waals surface area (Å²) in [6.45, 7) is 3.57. The highest BCUT2D eigenvalue weighted by Crippen LogP contribution is 2.26. The molecule has 0 unspecified atom stereocenters. The molecule has 2 aromatic rings. The molecule has 10 heteroatoms. The van der Waals surface area contributed by atoms with E-state index >= 15 is 0 Å². The number of nitrogens with zero attached hydrogens (tertiary/aromatic N) is 1. The van der Waals surface area contributed by atoms with E-state index in [0.717, 1.165) is 0 Å². The lowest BCUT2D eigenvalue weighted by Gasteiger charge is -2.18. The van der Waals surface area contributed by atoms with Gasteiger partial charge in [0.15, 0.2) is 6.61 Å². The highest BCUT2D eigenvalue weighted by Gasteiger charge is 2.22. The number of carbonyl (C=O) groups excluding carboxylic acids is 2. The third kappa shape index (κ3) is 5.70. The number of sulfonamides is 1. The SMILES string of the molecule is CCN(CC)S(=O)(=O)c1cccc(NC(=O)COC(=O)c2cccc(Cl)c2Cl)c1. The van der Waals surface area contributed by atoms with Gasteiger partial charge in [-0.25, -0.2) is 13.2 Å². The molecule has 0 aliphatic rings. The Morgan fingerprint density at radius 2 is 1.72 bits per heavy atom. The molecular formula is C19H20Cl2N2O5S. The van der Waals surface area contributed by atoms with Gasteiger partial charge in [0.25, 0.3) is 5.91 Å². The monoisotopic (exact) mass is 458 g/mol. The van der Waals surface area contributed by atoms with Gasteiger partial charge in [-0.2, -0.15) is 4.31 Å². The van der Waals surface area contributed by atoms with Crippen LogP contribution >= 0.6 is 23.2 Å². The van der Waals surface area contributed by atoms with Crippen LogP contribution in [0.1, 0.15) is 24.2 Å². The number of amides is 1. The number of carbonyl (C=O) groups is 2. The Morgan fingerprint density at radius 1 is 1.07 bits per heavy atom. The molecule has 0 saturated heterocycles. The number of esters is 1. The number of benzene rings is 2. The van der Waals surface area contributed by atoms with Gasteiger partial charge in [-0.15, -0.1) is 0 Å². The van der Waals surface area contributed by atoms with E-state index in [1.807, 2.05) is 0 Å². The summed E-state index contributed by atoms with van der Waals surface area (Å²) in [5, 5.41) is 2.73. The first-order valence-electron chi connectivity index (χ1n) is 8.71. The molecule has 1 amide bonds. The summed E-state index contributed by atoms with van der Waals surface area (Å²) in [5.74, 6) is -1.43. The second kappa shape index (κ2) is 10.1. The lowest BCUT2D eigenvalue weighted by atomic mass is 10.2. The molecule has 0 spiro atoms. The van der Waals surface area contributed by atoms with Crippen molar-refractivity contribution in [3.63, 3.8) is 0 Å². The second-order valence-corrected chi connectivity index (χ2v) is 8.57. The first kappa shape index (κ1) is 23.2. The number of rotatable bonds is 8. The molecule has 0 aromatic heterocycles. The van der Waals surface area contributed by atoms with Gasteiger partial charge in [0.1, 0.15) is 0 Å². The Hall–Kier alpha value is -2.13. The molecule has 0 aliphatic heterocycles. The largest absolute Gasteiger partial charge is 0.452 e. The van der Waals surface area contributed by atoms with Crippen molar-refractivity contribution in [3.8, 4) is 0 Å². The lowest BCUT2D eigenvalue weighted by Crippen LogP contribution is -2.30. The first-order chi connectivity index (χ1) is 13.7. The molecule has 7 nitrogen and oxygen atoms in total. The van der Waals surface area contributed by atoms with Crippen LogP contribution in [0.2, 0.25) is 10.0 Å². The summed E-state index contributed by atoms with van der Waals surface area (Å²) in [6, 6.07) is 10.3. The van der Waals surface area contributed by atoms with Crippen molar-refractivity contribution in [1.82, 2.24) is 4.31 Å². The predicted octanol–water partition coefficient (Wildman–Crippen LogP) is 3.82. The lowest BCUT2D eigenvalue weighted by molar-refractivity contribution is -0.119. The molecular weight excluding hydrogens is 439 g/mol. The van der Waals surface area contributed by atoms with Crippen LogP contribution in [0.3, 0.4) is 0 Å². The fraction of sp³-hybridized carbons (Fsp3) is 0.263. The highest BCUT2D eigenvalue weighted by atomic mass is 35.5. The summed E-state index contributed by atoms with van der Waals surface area (Å²) in [6.07, 6.45) is 0. The van der Waals surface area contributed by atoms with Crippen molar-refractivity contribution in [2.75, 3.05) is 25.0 Å². The molecule has 2 aromatic carbocycles. The predicted molar refractivity (Wildman–Crippen MR) is 112 cm³/mol. The van der Waals surface area contributed by atoms with E-state index in [4.69, 9.17) is 27.9 Å². The van der Waals surface area contributed by atoms with E-state index in [-0.39, 0.29) is 26.2 Å². The third-order valence-electron chi connectivity index (χ3n) is 3.97. The fourth-order valence-corrected chi connectivity index (χ4v) is 4.40. The summed E-state index contributed by atoms with van der Waals surface area (Å²) >= 11 is 11.8. The minimum Gasteiger partial charge on any atom is -0.452 e. The number of ether oxygens (including phenoxy) is 1. The van der Waals surface area contributed by atoms with Gasteiger partial charge in [0, 0.05) is 18.8 Å². The number of anilines is 1. The highest BCUT2D eigenvalue weighted by molar-refractivity contribution is 7.89. The van der Waals surface area contributed by atoms with Gasteiger partial charge in [0.2, 0.25) is 10.0 Å². The quantitative estimate of drug-likeness (QED) is 0.606. The molecule has 29 heavy (non-hydrogen) atoms. The Kier molecular flexibility index (Phi) is 8.04. The number of halogens is 2. The zero-order chi connectivity index (χ0) is 21.6. The van der Waals surface area contributed by atoms with Crippen LogP contribution in [0.15, 0.2) is 47.4 Å². The summed E-state index contributed by atoms with van der Waals surface area (Å²) < 4.78 is 31.4. The molecule has 2 rings (SSSR count). The van der Waals surface area contributed by atoms with Crippen LogP contribution in [0.4, 0.5) is 5.69 Å². The van der Waals surface area contributed by atoms with Crippen molar-refractivity contribution in [1.29, 1.82) is 0 Å². The van der Waals surface area contributed by atoms with Crippen LogP contribution in [0.25, 0.3) is 0 Å². The molecule has 0 radical (unpaired) electrons. The Labute approximate surface area is 179 Å². The molecule has 0 saturated carbocycles. The fourth-order valence-electron chi connectivity index (χ4n) is 2.51.